The van der Waals surface area contributed by atoms with Gasteiger partial charge < -0.3 is 10.1 Å². The van der Waals surface area contributed by atoms with Crippen LogP contribution in [0.2, 0.25) is 0 Å². The number of benzene rings is 2. The summed E-state index contributed by atoms with van der Waals surface area (Å²) in [6.45, 7) is 0.578. The van der Waals surface area contributed by atoms with Crippen LogP contribution in [0.3, 0.4) is 0 Å². The molecule has 0 saturated carbocycles. The minimum absolute atomic E-state index is 0.0946. The molecule has 3 aromatic rings. The van der Waals surface area contributed by atoms with Crippen LogP contribution in [-0.2, 0) is 6.42 Å². The highest BCUT2D eigenvalue weighted by Crippen LogP contribution is 2.16. The van der Waals surface area contributed by atoms with E-state index in [2.05, 4.69) is 10.3 Å². The number of ether oxygens (including phenoxy) is 1. The van der Waals surface area contributed by atoms with E-state index in [1.807, 2.05) is 48.5 Å². The van der Waals surface area contributed by atoms with Gasteiger partial charge in [0, 0.05) is 18.1 Å². The number of fused-ring (bicyclic) bond motifs is 1. The van der Waals surface area contributed by atoms with Crippen LogP contribution < -0.4 is 10.1 Å². The fourth-order valence-corrected chi connectivity index (χ4v) is 2.50. The minimum atomic E-state index is -0.0946. The zero-order valence-electron chi connectivity index (χ0n) is 13.0. The number of para-hydroxylation sites is 1. The fraction of sp³-hybridized carbons (Fsp3) is 0.158. The molecular formula is C19H18N2O2. The molecule has 2 aromatic carbocycles. The number of nitrogens with one attached hydrogen (secondary N) is 1. The van der Waals surface area contributed by atoms with Crippen LogP contribution in [0.15, 0.2) is 60.8 Å². The molecular weight excluding hydrogens is 288 g/mol. The third kappa shape index (κ3) is 3.48. The number of nitrogens with zero attached hydrogens (tertiary/aromatic N) is 1. The molecule has 4 nitrogen and oxygen atoms in total. The van der Waals surface area contributed by atoms with Crippen molar-refractivity contribution in [2.24, 2.45) is 0 Å². The van der Waals surface area contributed by atoms with E-state index < -0.39 is 0 Å². The molecule has 1 N–H and O–H groups in total. The molecule has 3 rings (SSSR count). The van der Waals surface area contributed by atoms with Crippen LogP contribution in [-0.4, -0.2) is 24.5 Å². The molecule has 0 aliphatic carbocycles. The van der Waals surface area contributed by atoms with Gasteiger partial charge in [-0.1, -0.05) is 30.3 Å². The Morgan fingerprint density at radius 2 is 1.87 bits per heavy atom. The van der Waals surface area contributed by atoms with Gasteiger partial charge in [0.15, 0.2) is 0 Å². The molecule has 1 amide bonds. The maximum Gasteiger partial charge on any atom is 0.253 e. The Bertz CT molecular complexity index is 808. The van der Waals surface area contributed by atoms with Crippen molar-refractivity contribution >= 4 is 16.8 Å². The number of methoxy groups -OCH3 is 1. The third-order valence-corrected chi connectivity index (χ3v) is 3.74. The maximum absolute atomic E-state index is 12.4. The summed E-state index contributed by atoms with van der Waals surface area (Å²) in [7, 11) is 1.65. The molecule has 116 valence electrons. The highest BCUT2D eigenvalue weighted by molar-refractivity contribution is 6.05. The van der Waals surface area contributed by atoms with Gasteiger partial charge in [-0.3, -0.25) is 9.78 Å². The van der Waals surface area contributed by atoms with Gasteiger partial charge in [-0.2, -0.15) is 0 Å². The molecule has 1 aromatic heterocycles. The number of hydrogen-bond acceptors (Lipinski definition) is 3. The van der Waals surface area contributed by atoms with Crippen LogP contribution in [0.5, 0.6) is 5.75 Å². The Hall–Kier alpha value is -2.88. The molecule has 0 fully saturated rings. The summed E-state index contributed by atoms with van der Waals surface area (Å²) in [5.74, 6) is 0.738. The second-order valence-corrected chi connectivity index (χ2v) is 5.23. The van der Waals surface area contributed by atoms with Crippen molar-refractivity contribution in [2.75, 3.05) is 13.7 Å². The van der Waals surface area contributed by atoms with Crippen LogP contribution in [0, 0.1) is 0 Å². The predicted octanol–water partition coefficient (Wildman–Crippen LogP) is 3.22. The number of rotatable bonds is 5. The first-order chi connectivity index (χ1) is 11.3. The van der Waals surface area contributed by atoms with Crippen molar-refractivity contribution in [1.29, 1.82) is 0 Å². The predicted molar refractivity (Wildman–Crippen MR) is 90.8 cm³/mol. The highest BCUT2D eigenvalue weighted by atomic mass is 16.5. The maximum atomic E-state index is 12.4. The summed E-state index contributed by atoms with van der Waals surface area (Å²) >= 11 is 0. The van der Waals surface area contributed by atoms with E-state index in [0.29, 0.717) is 12.1 Å². The summed E-state index contributed by atoms with van der Waals surface area (Å²) in [6, 6.07) is 17.3. The average molecular weight is 306 g/mol. The van der Waals surface area contributed by atoms with Crippen LogP contribution >= 0.6 is 0 Å². The lowest BCUT2D eigenvalue weighted by atomic mass is 10.1. The molecule has 4 heteroatoms. The van der Waals surface area contributed by atoms with E-state index >= 15 is 0 Å². The van der Waals surface area contributed by atoms with Gasteiger partial charge in [-0.05, 0) is 36.2 Å². The van der Waals surface area contributed by atoms with Crippen LogP contribution in [0.1, 0.15) is 15.9 Å². The van der Waals surface area contributed by atoms with Gasteiger partial charge >= 0.3 is 0 Å². The van der Waals surface area contributed by atoms with Crippen LogP contribution in [0.25, 0.3) is 10.9 Å². The molecule has 0 spiro atoms. The van der Waals surface area contributed by atoms with Crippen molar-refractivity contribution in [3.63, 3.8) is 0 Å². The number of hydrogen-bond donors (Lipinski definition) is 1. The van der Waals surface area contributed by atoms with Gasteiger partial charge in [0.05, 0.1) is 18.2 Å². The Kier molecular flexibility index (Phi) is 4.52. The quantitative estimate of drug-likeness (QED) is 0.787. The van der Waals surface area contributed by atoms with Crippen molar-refractivity contribution in [3.8, 4) is 5.75 Å². The molecule has 0 bridgehead atoms. The standard InChI is InChI=1S/C19H18N2O2/c1-23-16-9-7-14(8-10-16)11-13-21-19(22)17-6-2-4-15-5-3-12-20-18(15)17/h2-10,12H,11,13H2,1H3,(H,21,22). The fourth-order valence-electron chi connectivity index (χ4n) is 2.50. The Morgan fingerprint density at radius 1 is 1.09 bits per heavy atom. The summed E-state index contributed by atoms with van der Waals surface area (Å²) in [5, 5.41) is 3.93. The molecule has 0 atom stereocenters. The second-order valence-electron chi connectivity index (χ2n) is 5.23. The summed E-state index contributed by atoms with van der Waals surface area (Å²) < 4.78 is 5.13. The van der Waals surface area contributed by atoms with E-state index in [4.69, 9.17) is 4.74 Å². The second kappa shape index (κ2) is 6.92. The van der Waals surface area contributed by atoms with Crippen molar-refractivity contribution in [2.45, 2.75) is 6.42 Å². The van der Waals surface area contributed by atoms with E-state index in [0.717, 1.165) is 28.6 Å². The molecule has 0 saturated heterocycles. The first kappa shape index (κ1) is 15.0. The van der Waals surface area contributed by atoms with Crippen molar-refractivity contribution < 1.29 is 9.53 Å². The lowest BCUT2D eigenvalue weighted by Crippen LogP contribution is -2.26. The first-order valence-corrected chi connectivity index (χ1v) is 7.53. The summed E-state index contributed by atoms with van der Waals surface area (Å²) in [5.41, 5.74) is 2.50. The topological polar surface area (TPSA) is 51.2 Å². The average Bonchev–Trinajstić information content (AvgIpc) is 2.61. The number of pyridine rings is 1. The van der Waals surface area contributed by atoms with E-state index in [-0.39, 0.29) is 5.91 Å². The van der Waals surface area contributed by atoms with Gasteiger partial charge in [0.25, 0.3) is 5.91 Å². The van der Waals surface area contributed by atoms with Gasteiger partial charge in [0.2, 0.25) is 0 Å². The smallest absolute Gasteiger partial charge is 0.253 e. The monoisotopic (exact) mass is 306 g/mol. The summed E-state index contributed by atoms with van der Waals surface area (Å²) in [4.78, 5) is 16.7. The number of carbonyl (C=O) groups is 1. The number of aromatic nitrogens is 1. The SMILES string of the molecule is COc1ccc(CCNC(=O)c2cccc3cccnc23)cc1. The molecule has 1 heterocycles. The molecule has 0 unspecified atom stereocenters. The van der Waals surface area contributed by atoms with Crippen molar-refractivity contribution in [3.05, 3.63) is 71.9 Å². The Morgan fingerprint density at radius 3 is 2.65 bits per heavy atom. The largest absolute Gasteiger partial charge is 0.497 e. The minimum Gasteiger partial charge on any atom is -0.497 e. The molecule has 0 aliphatic rings. The van der Waals surface area contributed by atoms with E-state index in [1.165, 1.54) is 0 Å². The number of amides is 1. The lowest BCUT2D eigenvalue weighted by Gasteiger charge is -2.08. The molecule has 0 radical (unpaired) electrons. The third-order valence-electron chi connectivity index (χ3n) is 3.74. The Labute approximate surface area is 135 Å². The van der Waals surface area contributed by atoms with Gasteiger partial charge in [-0.15, -0.1) is 0 Å². The zero-order chi connectivity index (χ0) is 16.1. The summed E-state index contributed by atoms with van der Waals surface area (Å²) in [6.07, 6.45) is 2.48. The first-order valence-electron chi connectivity index (χ1n) is 7.53. The van der Waals surface area contributed by atoms with Crippen LogP contribution in [0.4, 0.5) is 0 Å². The molecule has 0 aliphatic heterocycles. The van der Waals surface area contributed by atoms with E-state index in [1.54, 1.807) is 19.4 Å². The van der Waals surface area contributed by atoms with Gasteiger partial charge in [0.1, 0.15) is 5.75 Å². The molecule has 23 heavy (non-hydrogen) atoms. The van der Waals surface area contributed by atoms with Crippen molar-refractivity contribution in [1.82, 2.24) is 10.3 Å². The Balaban J connectivity index is 1.64. The zero-order valence-corrected chi connectivity index (χ0v) is 13.0. The number of carbonyl (C=O) groups excluding carboxylic acids is 1. The van der Waals surface area contributed by atoms with Gasteiger partial charge in [-0.25, -0.2) is 0 Å². The van der Waals surface area contributed by atoms with E-state index in [9.17, 15) is 4.79 Å². The normalized spacial score (nSPS) is 10.5. The highest BCUT2D eigenvalue weighted by Gasteiger charge is 2.10. The lowest BCUT2D eigenvalue weighted by molar-refractivity contribution is 0.0955.